The molecule has 0 aliphatic heterocycles. The smallest absolute Gasteiger partial charge is 0.263 e. The van der Waals surface area contributed by atoms with E-state index in [4.69, 9.17) is 0 Å². The minimum atomic E-state index is -0.162. The number of aromatic nitrogens is 4. The Morgan fingerprint density at radius 1 is 1.43 bits per heavy atom. The van der Waals surface area contributed by atoms with E-state index < -0.39 is 0 Å². The number of carbonyl (C=O) groups excluding carboxylic acids is 1. The van der Waals surface area contributed by atoms with Gasteiger partial charge in [-0.1, -0.05) is 11.3 Å². The van der Waals surface area contributed by atoms with Gasteiger partial charge in [-0.15, -0.1) is 0 Å². The van der Waals surface area contributed by atoms with Gasteiger partial charge in [0, 0.05) is 12.7 Å². The van der Waals surface area contributed by atoms with Crippen LogP contribution in [0.25, 0.3) is 11.2 Å². The Morgan fingerprint density at radius 2 is 2.33 bits per heavy atom. The van der Waals surface area contributed by atoms with Crippen LogP contribution in [0.3, 0.4) is 0 Å². The number of anilines is 1. The van der Waals surface area contributed by atoms with Gasteiger partial charge >= 0.3 is 0 Å². The molecule has 0 unspecified atom stereocenters. The molecule has 0 radical (unpaired) electrons. The van der Waals surface area contributed by atoms with Crippen molar-refractivity contribution in [1.82, 2.24) is 25.3 Å². The number of nitrogens with one attached hydrogen (secondary N) is 3. The highest BCUT2D eigenvalue weighted by Crippen LogP contribution is 2.17. The Bertz CT molecular complexity index is 732. The van der Waals surface area contributed by atoms with Crippen molar-refractivity contribution in [2.45, 2.75) is 13.5 Å². The number of rotatable bonds is 5. The highest BCUT2D eigenvalue weighted by atomic mass is 32.1. The molecule has 0 saturated heterocycles. The van der Waals surface area contributed by atoms with Gasteiger partial charge in [0.2, 0.25) is 0 Å². The summed E-state index contributed by atoms with van der Waals surface area (Å²) < 4.78 is 0. The Balaban J connectivity index is 1.64. The second kappa shape index (κ2) is 5.88. The van der Waals surface area contributed by atoms with Crippen molar-refractivity contribution in [2.75, 3.05) is 11.9 Å². The predicted molar refractivity (Wildman–Crippen MR) is 81.3 cm³/mol. The highest BCUT2D eigenvalue weighted by Gasteiger charge is 2.11. The van der Waals surface area contributed by atoms with Crippen molar-refractivity contribution in [3.05, 3.63) is 35.2 Å². The first-order chi connectivity index (χ1) is 10.3. The third-order valence-electron chi connectivity index (χ3n) is 2.78. The number of aromatic amines is 1. The number of H-pyrrole nitrogens is 1. The lowest BCUT2D eigenvalue weighted by Crippen LogP contribution is -2.22. The largest absolute Gasteiger partial charge is 0.362 e. The standard InChI is InChI=1S/C13H14N6OS/c1-2-14-13-17-6-9(21-13)12(20)16-7-10-18-8-4-3-5-15-11(8)19-10/h3-6H,2,7H2,1H3,(H,14,17)(H,16,20)(H,15,18,19). The monoisotopic (exact) mass is 302 g/mol. The van der Waals surface area contributed by atoms with Crippen LogP contribution >= 0.6 is 11.3 Å². The van der Waals surface area contributed by atoms with E-state index in [9.17, 15) is 4.79 Å². The number of pyridine rings is 1. The molecular formula is C13H14N6OS. The van der Waals surface area contributed by atoms with E-state index in [2.05, 4.69) is 30.6 Å². The normalized spacial score (nSPS) is 10.7. The second-order valence-corrected chi connectivity index (χ2v) is 5.33. The van der Waals surface area contributed by atoms with Gasteiger partial charge < -0.3 is 15.6 Å². The molecule has 0 aromatic carbocycles. The zero-order valence-electron chi connectivity index (χ0n) is 11.4. The fourth-order valence-electron chi connectivity index (χ4n) is 1.84. The molecule has 3 heterocycles. The summed E-state index contributed by atoms with van der Waals surface area (Å²) in [6.45, 7) is 3.08. The number of hydrogen-bond acceptors (Lipinski definition) is 6. The van der Waals surface area contributed by atoms with E-state index in [1.807, 2.05) is 19.1 Å². The maximum atomic E-state index is 12.0. The van der Waals surface area contributed by atoms with Gasteiger partial charge in [0.25, 0.3) is 5.91 Å². The summed E-state index contributed by atoms with van der Waals surface area (Å²) in [5, 5.41) is 6.63. The number of carbonyl (C=O) groups is 1. The maximum absolute atomic E-state index is 12.0. The molecule has 3 rings (SSSR count). The molecule has 21 heavy (non-hydrogen) atoms. The van der Waals surface area contributed by atoms with E-state index in [0.717, 1.165) is 17.2 Å². The predicted octanol–water partition coefficient (Wildman–Crippen LogP) is 1.78. The summed E-state index contributed by atoms with van der Waals surface area (Å²) in [7, 11) is 0. The van der Waals surface area contributed by atoms with Crippen molar-refractivity contribution in [3.63, 3.8) is 0 Å². The van der Waals surface area contributed by atoms with Crippen molar-refractivity contribution >= 4 is 33.5 Å². The zero-order chi connectivity index (χ0) is 14.7. The van der Waals surface area contributed by atoms with E-state index in [1.54, 1.807) is 12.4 Å². The molecule has 0 aliphatic rings. The van der Waals surface area contributed by atoms with Crippen LogP contribution < -0.4 is 10.6 Å². The molecule has 108 valence electrons. The second-order valence-electron chi connectivity index (χ2n) is 4.30. The molecule has 8 heteroatoms. The topological polar surface area (TPSA) is 95.6 Å². The molecule has 3 aromatic heterocycles. The average Bonchev–Trinajstić information content (AvgIpc) is 3.11. The number of hydrogen-bond donors (Lipinski definition) is 3. The SMILES string of the molecule is CCNc1ncc(C(=O)NCc2nc3ncccc3[nH]2)s1. The third kappa shape index (κ3) is 3.00. The van der Waals surface area contributed by atoms with Gasteiger partial charge in [0.05, 0.1) is 18.3 Å². The number of amides is 1. The average molecular weight is 302 g/mol. The minimum Gasteiger partial charge on any atom is -0.362 e. The van der Waals surface area contributed by atoms with Crippen LogP contribution in [0, 0.1) is 0 Å². The van der Waals surface area contributed by atoms with Gasteiger partial charge in [-0.05, 0) is 19.1 Å². The first kappa shape index (κ1) is 13.5. The minimum absolute atomic E-state index is 0.162. The van der Waals surface area contributed by atoms with Gasteiger partial charge in [0.15, 0.2) is 10.8 Å². The summed E-state index contributed by atoms with van der Waals surface area (Å²) in [5.41, 5.74) is 1.50. The lowest BCUT2D eigenvalue weighted by molar-refractivity contribution is 0.0954. The van der Waals surface area contributed by atoms with Gasteiger partial charge in [-0.2, -0.15) is 0 Å². The molecule has 0 bridgehead atoms. The molecule has 0 fully saturated rings. The fourth-order valence-corrected chi connectivity index (χ4v) is 2.64. The van der Waals surface area contributed by atoms with Crippen LogP contribution in [0.1, 0.15) is 22.4 Å². The summed E-state index contributed by atoms with van der Waals surface area (Å²) >= 11 is 1.33. The number of nitrogens with zero attached hydrogens (tertiary/aromatic N) is 3. The molecule has 0 atom stereocenters. The Hall–Kier alpha value is -2.48. The van der Waals surface area contributed by atoms with Gasteiger partial charge in [0.1, 0.15) is 10.7 Å². The van der Waals surface area contributed by atoms with Gasteiger partial charge in [-0.25, -0.2) is 15.0 Å². The van der Waals surface area contributed by atoms with E-state index in [-0.39, 0.29) is 5.91 Å². The van der Waals surface area contributed by atoms with Crippen molar-refractivity contribution in [3.8, 4) is 0 Å². The van der Waals surface area contributed by atoms with Crippen molar-refractivity contribution in [2.24, 2.45) is 0 Å². The quantitative estimate of drug-likeness (QED) is 0.667. The van der Waals surface area contributed by atoms with E-state index >= 15 is 0 Å². The van der Waals surface area contributed by atoms with E-state index in [0.29, 0.717) is 22.9 Å². The number of imidazole rings is 1. The molecule has 0 aliphatic carbocycles. The molecule has 7 nitrogen and oxygen atoms in total. The fraction of sp³-hybridized carbons (Fsp3) is 0.231. The van der Waals surface area contributed by atoms with Crippen LogP contribution in [0.5, 0.6) is 0 Å². The number of fused-ring (bicyclic) bond motifs is 1. The van der Waals surface area contributed by atoms with E-state index in [1.165, 1.54) is 11.3 Å². The zero-order valence-corrected chi connectivity index (χ0v) is 12.2. The number of thiazole rings is 1. The molecule has 0 spiro atoms. The summed E-state index contributed by atoms with van der Waals surface area (Å²) in [6.07, 6.45) is 3.25. The lowest BCUT2D eigenvalue weighted by Gasteiger charge is -1.99. The van der Waals surface area contributed by atoms with Crippen molar-refractivity contribution in [1.29, 1.82) is 0 Å². The Morgan fingerprint density at radius 3 is 3.14 bits per heavy atom. The Labute approximate surface area is 124 Å². The maximum Gasteiger partial charge on any atom is 0.263 e. The molecule has 1 amide bonds. The third-order valence-corrected chi connectivity index (χ3v) is 3.73. The van der Waals surface area contributed by atoms with Crippen LogP contribution in [-0.4, -0.2) is 32.4 Å². The van der Waals surface area contributed by atoms with Crippen LogP contribution in [-0.2, 0) is 6.54 Å². The van der Waals surface area contributed by atoms with Crippen LogP contribution in [0.4, 0.5) is 5.13 Å². The first-order valence-electron chi connectivity index (χ1n) is 6.53. The molecule has 3 N–H and O–H groups in total. The molecular weight excluding hydrogens is 288 g/mol. The summed E-state index contributed by atoms with van der Waals surface area (Å²) in [4.78, 5) is 28.3. The molecule has 3 aromatic rings. The van der Waals surface area contributed by atoms with Gasteiger partial charge in [-0.3, -0.25) is 4.79 Å². The first-order valence-corrected chi connectivity index (χ1v) is 7.35. The Kier molecular flexibility index (Phi) is 3.78. The van der Waals surface area contributed by atoms with Crippen molar-refractivity contribution < 1.29 is 4.79 Å². The van der Waals surface area contributed by atoms with Crippen LogP contribution in [0.2, 0.25) is 0 Å². The summed E-state index contributed by atoms with van der Waals surface area (Å²) in [5.74, 6) is 0.513. The lowest BCUT2D eigenvalue weighted by atomic mass is 10.4. The highest BCUT2D eigenvalue weighted by molar-refractivity contribution is 7.17. The molecule has 0 saturated carbocycles. The van der Waals surface area contributed by atoms with Crippen LogP contribution in [0.15, 0.2) is 24.5 Å². The summed E-state index contributed by atoms with van der Waals surface area (Å²) in [6, 6.07) is 3.73.